The van der Waals surface area contributed by atoms with Gasteiger partial charge < -0.3 is 9.47 Å². The molecule has 1 aliphatic heterocycles. The summed E-state index contributed by atoms with van der Waals surface area (Å²) in [6, 6.07) is 0. The summed E-state index contributed by atoms with van der Waals surface area (Å²) in [5, 5.41) is 8.20. The van der Waals surface area contributed by atoms with Crippen LogP contribution >= 0.6 is 11.3 Å². The second-order valence-electron chi connectivity index (χ2n) is 5.48. The fourth-order valence-electron chi connectivity index (χ4n) is 2.73. The lowest BCUT2D eigenvalue weighted by Gasteiger charge is -2.38. The van der Waals surface area contributed by atoms with Crippen LogP contribution < -0.4 is 0 Å². The van der Waals surface area contributed by atoms with E-state index in [2.05, 4.69) is 22.1 Å². The van der Waals surface area contributed by atoms with Crippen molar-refractivity contribution in [3.63, 3.8) is 0 Å². The summed E-state index contributed by atoms with van der Waals surface area (Å²) >= 11 is 1.40. The Morgan fingerprint density at radius 2 is 2.15 bits per heavy atom. The van der Waals surface area contributed by atoms with Gasteiger partial charge in [-0.1, -0.05) is 6.92 Å². The summed E-state index contributed by atoms with van der Waals surface area (Å²) in [7, 11) is 1.97. The minimum absolute atomic E-state index is 0.00424. The molecule has 0 saturated carbocycles. The van der Waals surface area contributed by atoms with E-state index in [1.165, 1.54) is 11.3 Å². The maximum Gasteiger partial charge on any atom is 0.265 e. The molecule has 20 heavy (non-hydrogen) atoms. The molecule has 0 unspecified atom stereocenters. The number of rotatable bonds is 2. The molecule has 0 aliphatic carbocycles. The number of likely N-dealkylation sites (tertiary alicyclic amines) is 1. The monoisotopic (exact) mass is 291 g/mol. The maximum atomic E-state index is 12.3. The van der Waals surface area contributed by atoms with Crippen LogP contribution in [0.1, 0.15) is 35.3 Å². The molecule has 0 atom stereocenters. The van der Waals surface area contributed by atoms with Crippen molar-refractivity contribution >= 4 is 17.2 Å². The molecule has 0 radical (unpaired) electrons. The highest BCUT2D eigenvalue weighted by Gasteiger charge is 2.36. The molecule has 2 aromatic heterocycles. The van der Waals surface area contributed by atoms with Gasteiger partial charge in [-0.2, -0.15) is 0 Å². The second-order valence-corrected chi connectivity index (χ2v) is 6.37. The highest BCUT2D eigenvalue weighted by atomic mass is 32.1. The second kappa shape index (κ2) is 4.97. The summed E-state index contributed by atoms with van der Waals surface area (Å²) < 4.78 is 1.97. The molecule has 3 heterocycles. The van der Waals surface area contributed by atoms with E-state index in [-0.39, 0.29) is 11.3 Å². The number of piperidine rings is 1. The van der Waals surface area contributed by atoms with E-state index in [0.29, 0.717) is 4.88 Å². The smallest absolute Gasteiger partial charge is 0.265 e. The van der Waals surface area contributed by atoms with Crippen LogP contribution in [0.25, 0.3) is 0 Å². The zero-order valence-corrected chi connectivity index (χ0v) is 12.4. The fourth-order valence-corrected chi connectivity index (χ4v) is 3.32. The molecule has 2 aromatic rings. The quantitative estimate of drug-likeness (QED) is 0.840. The average Bonchev–Trinajstić information content (AvgIpc) is 3.10. The van der Waals surface area contributed by atoms with Crippen molar-refractivity contribution in [1.29, 1.82) is 0 Å². The third kappa shape index (κ3) is 2.22. The van der Waals surface area contributed by atoms with Gasteiger partial charge in [-0.15, -0.1) is 21.5 Å². The summed E-state index contributed by atoms with van der Waals surface area (Å²) in [6.07, 6.45) is 5.19. The minimum atomic E-state index is -0.00424. The van der Waals surface area contributed by atoms with Gasteiger partial charge in [0.15, 0.2) is 0 Å². The van der Waals surface area contributed by atoms with Crippen molar-refractivity contribution in [2.45, 2.75) is 25.2 Å². The van der Waals surface area contributed by atoms with Gasteiger partial charge in [0, 0.05) is 25.6 Å². The Kier molecular flexibility index (Phi) is 3.29. The number of aryl methyl sites for hydroxylation is 1. The van der Waals surface area contributed by atoms with Crippen molar-refractivity contribution in [3.8, 4) is 0 Å². The van der Waals surface area contributed by atoms with Crippen LogP contribution in [0, 0.1) is 0 Å². The lowest BCUT2D eigenvalue weighted by atomic mass is 9.79. The Morgan fingerprint density at radius 1 is 1.40 bits per heavy atom. The summed E-state index contributed by atoms with van der Waals surface area (Å²) in [5.74, 6) is 1.09. The van der Waals surface area contributed by atoms with E-state index in [9.17, 15) is 4.79 Å². The molecule has 1 aliphatic rings. The largest absolute Gasteiger partial charge is 0.338 e. The van der Waals surface area contributed by atoms with Crippen LogP contribution in [-0.2, 0) is 12.5 Å². The van der Waals surface area contributed by atoms with Gasteiger partial charge in [-0.05, 0) is 12.8 Å². The van der Waals surface area contributed by atoms with E-state index in [4.69, 9.17) is 0 Å². The van der Waals surface area contributed by atoms with Crippen LogP contribution in [-0.4, -0.2) is 43.6 Å². The van der Waals surface area contributed by atoms with Crippen molar-refractivity contribution in [2.24, 2.45) is 7.05 Å². The van der Waals surface area contributed by atoms with E-state index < -0.39 is 0 Å². The summed E-state index contributed by atoms with van der Waals surface area (Å²) in [4.78, 5) is 18.9. The van der Waals surface area contributed by atoms with Gasteiger partial charge in [-0.25, -0.2) is 0 Å². The molecular weight excluding hydrogens is 274 g/mol. The SMILES string of the molecule is Cn1cnnc1C1(C)CCN(C(=O)c2cncs2)CC1. The van der Waals surface area contributed by atoms with Gasteiger partial charge in [0.1, 0.15) is 17.0 Å². The number of hydrogen-bond acceptors (Lipinski definition) is 5. The molecule has 0 N–H and O–H groups in total. The van der Waals surface area contributed by atoms with Gasteiger partial charge in [-0.3, -0.25) is 9.78 Å². The molecule has 0 aromatic carbocycles. The lowest BCUT2D eigenvalue weighted by Crippen LogP contribution is -2.44. The Balaban J connectivity index is 1.71. The summed E-state index contributed by atoms with van der Waals surface area (Å²) in [5.41, 5.74) is 1.69. The molecular formula is C13H17N5OS. The Bertz CT molecular complexity index is 598. The molecule has 1 saturated heterocycles. The maximum absolute atomic E-state index is 12.3. The van der Waals surface area contributed by atoms with Gasteiger partial charge in [0.25, 0.3) is 5.91 Å². The van der Waals surface area contributed by atoms with Crippen LogP contribution in [0.5, 0.6) is 0 Å². The molecule has 106 valence electrons. The predicted molar refractivity (Wildman–Crippen MR) is 75.6 cm³/mol. The number of nitrogens with zero attached hydrogens (tertiary/aromatic N) is 5. The Morgan fingerprint density at radius 3 is 2.70 bits per heavy atom. The first-order chi connectivity index (χ1) is 9.60. The molecule has 3 rings (SSSR count). The molecule has 1 amide bonds. The highest BCUT2D eigenvalue weighted by molar-refractivity contribution is 7.11. The Hall–Kier alpha value is -1.76. The standard InChI is InChI=1S/C13H17N5OS/c1-13(12-16-15-8-17(12)2)3-5-18(6-4-13)11(19)10-7-14-9-20-10/h7-9H,3-6H2,1-2H3. The third-order valence-electron chi connectivity index (χ3n) is 4.05. The number of hydrogen-bond donors (Lipinski definition) is 0. The number of carbonyl (C=O) groups is 1. The number of carbonyl (C=O) groups excluding carboxylic acids is 1. The van der Waals surface area contributed by atoms with Crippen LogP contribution in [0.15, 0.2) is 18.0 Å². The van der Waals surface area contributed by atoms with Crippen LogP contribution in [0.4, 0.5) is 0 Å². The van der Waals surface area contributed by atoms with Crippen LogP contribution in [0.3, 0.4) is 0 Å². The van der Waals surface area contributed by atoms with E-state index in [1.54, 1.807) is 18.0 Å². The minimum Gasteiger partial charge on any atom is -0.338 e. The fraction of sp³-hybridized carbons (Fsp3) is 0.538. The molecule has 1 fully saturated rings. The zero-order valence-electron chi connectivity index (χ0n) is 11.6. The zero-order chi connectivity index (χ0) is 14.2. The first-order valence-corrected chi connectivity index (χ1v) is 7.50. The highest BCUT2D eigenvalue weighted by Crippen LogP contribution is 2.33. The average molecular weight is 291 g/mol. The van der Waals surface area contributed by atoms with Crippen molar-refractivity contribution in [1.82, 2.24) is 24.6 Å². The third-order valence-corrected chi connectivity index (χ3v) is 4.81. The van der Waals surface area contributed by atoms with Crippen molar-refractivity contribution < 1.29 is 4.79 Å². The topological polar surface area (TPSA) is 63.9 Å². The van der Waals surface area contributed by atoms with Crippen molar-refractivity contribution in [2.75, 3.05) is 13.1 Å². The molecule has 0 bridgehead atoms. The Labute approximate surface area is 121 Å². The van der Waals surface area contributed by atoms with E-state index in [0.717, 1.165) is 31.8 Å². The molecule has 7 heteroatoms. The van der Waals surface area contributed by atoms with Gasteiger partial charge >= 0.3 is 0 Å². The lowest BCUT2D eigenvalue weighted by molar-refractivity contribution is 0.0674. The van der Waals surface area contributed by atoms with Gasteiger partial charge in [0.05, 0.1) is 11.7 Å². The predicted octanol–water partition coefficient (Wildman–Crippen LogP) is 1.47. The summed E-state index contributed by atoms with van der Waals surface area (Å²) in [6.45, 7) is 3.70. The molecule has 6 nitrogen and oxygen atoms in total. The number of aromatic nitrogens is 4. The molecule has 0 spiro atoms. The van der Waals surface area contributed by atoms with E-state index in [1.807, 2.05) is 16.5 Å². The van der Waals surface area contributed by atoms with Crippen LogP contribution in [0.2, 0.25) is 0 Å². The number of amides is 1. The van der Waals surface area contributed by atoms with E-state index >= 15 is 0 Å². The first-order valence-electron chi connectivity index (χ1n) is 6.62. The van der Waals surface area contributed by atoms with Gasteiger partial charge in [0.2, 0.25) is 0 Å². The van der Waals surface area contributed by atoms with Crippen molar-refractivity contribution in [3.05, 3.63) is 28.7 Å². The first kappa shape index (κ1) is 13.2. The number of thiazole rings is 1. The normalized spacial score (nSPS) is 18.2.